The van der Waals surface area contributed by atoms with Crippen molar-refractivity contribution in [3.05, 3.63) is 33.9 Å². The molecule has 0 radical (unpaired) electrons. The van der Waals surface area contributed by atoms with Crippen molar-refractivity contribution in [3.63, 3.8) is 0 Å². The SMILES string of the molecule is Cc1cc2n(CC(=O)O)c(C)cc(=O)n2n1. The maximum absolute atomic E-state index is 11.6. The summed E-state index contributed by atoms with van der Waals surface area (Å²) in [5.74, 6) is -0.951. The number of nitrogens with zero attached hydrogens (tertiary/aromatic N) is 3. The summed E-state index contributed by atoms with van der Waals surface area (Å²) in [6.07, 6.45) is 0. The highest BCUT2D eigenvalue weighted by Gasteiger charge is 2.10. The highest BCUT2D eigenvalue weighted by molar-refractivity contribution is 5.67. The Morgan fingerprint density at radius 1 is 1.44 bits per heavy atom. The van der Waals surface area contributed by atoms with Crippen LogP contribution in [0.5, 0.6) is 0 Å². The first-order valence-electron chi connectivity index (χ1n) is 4.77. The molecule has 0 aliphatic rings. The summed E-state index contributed by atoms with van der Waals surface area (Å²) < 4.78 is 2.76. The van der Waals surface area contributed by atoms with Crippen LogP contribution in [-0.4, -0.2) is 25.3 Å². The molecule has 0 saturated heterocycles. The molecule has 2 aromatic heterocycles. The first-order chi connectivity index (χ1) is 7.49. The first kappa shape index (κ1) is 10.4. The smallest absolute Gasteiger partial charge is 0.323 e. The van der Waals surface area contributed by atoms with Gasteiger partial charge in [0.05, 0.1) is 5.69 Å². The van der Waals surface area contributed by atoms with E-state index in [1.54, 1.807) is 24.5 Å². The van der Waals surface area contributed by atoms with Crippen molar-refractivity contribution >= 4 is 11.6 Å². The Bertz CT molecular complexity index is 624. The van der Waals surface area contributed by atoms with Gasteiger partial charge in [-0.1, -0.05) is 0 Å². The van der Waals surface area contributed by atoms with E-state index in [1.807, 2.05) is 0 Å². The van der Waals surface area contributed by atoms with Crippen LogP contribution in [0.1, 0.15) is 11.4 Å². The van der Waals surface area contributed by atoms with Gasteiger partial charge in [-0.2, -0.15) is 9.61 Å². The van der Waals surface area contributed by atoms with Crippen molar-refractivity contribution in [2.75, 3.05) is 0 Å². The fourth-order valence-corrected chi connectivity index (χ4v) is 1.68. The summed E-state index contributed by atoms with van der Waals surface area (Å²) in [6, 6.07) is 3.07. The fourth-order valence-electron chi connectivity index (χ4n) is 1.68. The molecule has 0 aliphatic carbocycles. The molecule has 0 atom stereocenters. The monoisotopic (exact) mass is 221 g/mol. The third-order valence-electron chi connectivity index (χ3n) is 2.35. The zero-order valence-corrected chi connectivity index (χ0v) is 8.97. The van der Waals surface area contributed by atoms with Crippen molar-refractivity contribution in [1.82, 2.24) is 14.2 Å². The van der Waals surface area contributed by atoms with Gasteiger partial charge in [-0.05, 0) is 13.8 Å². The molecule has 2 aromatic rings. The molecule has 0 spiro atoms. The summed E-state index contributed by atoms with van der Waals surface area (Å²) in [6.45, 7) is 3.28. The maximum Gasteiger partial charge on any atom is 0.323 e. The van der Waals surface area contributed by atoms with Gasteiger partial charge < -0.3 is 9.67 Å². The lowest BCUT2D eigenvalue weighted by molar-refractivity contribution is -0.137. The number of aryl methyl sites for hydroxylation is 2. The second-order valence-corrected chi connectivity index (χ2v) is 3.66. The second-order valence-electron chi connectivity index (χ2n) is 3.66. The van der Waals surface area contributed by atoms with Crippen LogP contribution in [0, 0.1) is 13.8 Å². The number of carbonyl (C=O) groups is 1. The van der Waals surface area contributed by atoms with E-state index < -0.39 is 5.97 Å². The minimum Gasteiger partial charge on any atom is -0.480 e. The number of carboxylic acid groups (broad SMARTS) is 1. The predicted octanol–water partition coefficient (Wildman–Crippen LogP) is 0.197. The van der Waals surface area contributed by atoms with Crippen molar-refractivity contribution in [2.24, 2.45) is 0 Å². The Hall–Kier alpha value is -2.11. The normalized spacial score (nSPS) is 10.9. The minimum absolute atomic E-state index is 0.180. The van der Waals surface area contributed by atoms with Crippen LogP contribution in [0.15, 0.2) is 16.9 Å². The summed E-state index contributed by atoms with van der Waals surface area (Å²) >= 11 is 0. The van der Waals surface area contributed by atoms with Crippen LogP contribution < -0.4 is 5.56 Å². The van der Waals surface area contributed by atoms with Crippen LogP contribution >= 0.6 is 0 Å². The number of hydrogen-bond donors (Lipinski definition) is 1. The van der Waals surface area contributed by atoms with Gasteiger partial charge in [-0.15, -0.1) is 0 Å². The van der Waals surface area contributed by atoms with Crippen LogP contribution in [0.2, 0.25) is 0 Å². The Balaban J connectivity index is 2.80. The van der Waals surface area contributed by atoms with Crippen molar-refractivity contribution in [1.29, 1.82) is 0 Å². The van der Waals surface area contributed by atoms with Gasteiger partial charge in [0.2, 0.25) is 0 Å². The van der Waals surface area contributed by atoms with E-state index in [-0.39, 0.29) is 12.1 Å². The average molecular weight is 221 g/mol. The summed E-state index contributed by atoms with van der Waals surface area (Å²) in [5.41, 5.74) is 1.55. The van der Waals surface area contributed by atoms with Crippen molar-refractivity contribution < 1.29 is 9.90 Å². The molecule has 16 heavy (non-hydrogen) atoms. The Labute approximate surface area is 90.7 Å². The Kier molecular flexibility index (Phi) is 2.26. The highest BCUT2D eigenvalue weighted by atomic mass is 16.4. The van der Waals surface area contributed by atoms with E-state index >= 15 is 0 Å². The number of carboxylic acids is 1. The molecule has 6 heteroatoms. The van der Waals surface area contributed by atoms with Gasteiger partial charge in [0, 0.05) is 17.8 Å². The Morgan fingerprint density at radius 2 is 2.12 bits per heavy atom. The predicted molar refractivity (Wildman–Crippen MR) is 56.6 cm³/mol. The quantitative estimate of drug-likeness (QED) is 0.785. The average Bonchev–Trinajstić information content (AvgIpc) is 2.54. The van der Waals surface area contributed by atoms with E-state index in [4.69, 9.17) is 5.11 Å². The lowest BCUT2D eigenvalue weighted by Crippen LogP contribution is -2.22. The van der Waals surface area contributed by atoms with Gasteiger partial charge in [-0.3, -0.25) is 9.59 Å². The molecule has 2 rings (SSSR count). The number of hydrogen-bond acceptors (Lipinski definition) is 3. The van der Waals surface area contributed by atoms with E-state index in [2.05, 4.69) is 5.10 Å². The number of aliphatic carboxylic acids is 1. The van der Waals surface area contributed by atoms with Crippen LogP contribution in [0.25, 0.3) is 5.65 Å². The summed E-state index contributed by atoms with van der Waals surface area (Å²) in [5, 5.41) is 12.8. The first-order valence-corrected chi connectivity index (χ1v) is 4.77. The fraction of sp³-hybridized carbons (Fsp3) is 0.300. The Morgan fingerprint density at radius 3 is 2.75 bits per heavy atom. The van der Waals surface area contributed by atoms with Crippen LogP contribution in [-0.2, 0) is 11.3 Å². The van der Waals surface area contributed by atoms with Crippen molar-refractivity contribution in [3.8, 4) is 0 Å². The van der Waals surface area contributed by atoms with Crippen molar-refractivity contribution in [2.45, 2.75) is 20.4 Å². The van der Waals surface area contributed by atoms with Gasteiger partial charge >= 0.3 is 5.97 Å². The third-order valence-corrected chi connectivity index (χ3v) is 2.35. The molecule has 0 unspecified atom stereocenters. The molecule has 1 N–H and O–H groups in total. The molecular weight excluding hydrogens is 210 g/mol. The third kappa shape index (κ3) is 1.58. The molecule has 2 heterocycles. The lowest BCUT2D eigenvalue weighted by atomic mass is 10.4. The largest absolute Gasteiger partial charge is 0.480 e. The van der Waals surface area contributed by atoms with Gasteiger partial charge in [0.15, 0.2) is 0 Å². The topological polar surface area (TPSA) is 76.6 Å². The van der Waals surface area contributed by atoms with Gasteiger partial charge in [0.1, 0.15) is 12.2 Å². The number of fused-ring (bicyclic) bond motifs is 1. The summed E-state index contributed by atoms with van der Waals surface area (Å²) in [7, 11) is 0. The molecule has 0 saturated carbocycles. The lowest BCUT2D eigenvalue weighted by Gasteiger charge is -2.09. The van der Waals surface area contributed by atoms with E-state index in [0.717, 1.165) is 0 Å². The van der Waals surface area contributed by atoms with Gasteiger partial charge in [-0.25, -0.2) is 0 Å². The van der Waals surface area contributed by atoms with E-state index in [0.29, 0.717) is 17.0 Å². The number of aromatic nitrogens is 3. The molecule has 0 amide bonds. The second kappa shape index (κ2) is 3.48. The molecule has 0 aromatic carbocycles. The molecule has 0 fully saturated rings. The minimum atomic E-state index is -0.951. The molecular formula is C10H11N3O3. The standard InChI is InChI=1S/C10H11N3O3/c1-6-3-8-12(5-10(15)16)7(2)4-9(14)13(8)11-6/h3-4H,5H2,1-2H3,(H,15,16). The summed E-state index contributed by atoms with van der Waals surface area (Å²) in [4.78, 5) is 22.3. The van der Waals surface area contributed by atoms with Crippen LogP contribution in [0.4, 0.5) is 0 Å². The van der Waals surface area contributed by atoms with E-state index in [1.165, 1.54) is 10.6 Å². The molecule has 0 aliphatic heterocycles. The van der Waals surface area contributed by atoms with Crippen LogP contribution in [0.3, 0.4) is 0 Å². The molecule has 6 nitrogen and oxygen atoms in total. The van der Waals surface area contributed by atoms with E-state index in [9.17, 15) is 9.59 Å². The molecule has 0 bridgehead atoms. The zero-order chi connectivity index (χ0) is 11.9. The van der Waals surface area contributed by atoms with Gasteiger partial charge in [0.25, 0.3) is 5.56 Å². The highest BCUT2D eigenvalue weighted by Crippen LogP contribution is 2.07. The number of rotatable bonds is 2. The zero-order valence-electron chi connectivity index (χ0n) is 8.97. The maximum atomic E-state index is 11.6. The molecule has 84 valence electrons.